The lowest BCUT2D eigenvalue weighted by Gasteiger charge is -2.37. The van der Waals surface area contributed by atoms with Crippen LogP contribution in [0.4, 0.5) is 11.4 Å². The minimum absolute atomic E-state index is 0.237. The topological polar surface area (TPSA) is 43.9 Å². The van der Waals surface area contributed by atoms with Crippen molar-refractivity contribution in [3.63, 3.8) is 0 Å². The quantitative estimate of drug-likeness (QED) is 0.539. The maximum Gasteiger partial charge on any atom is 0.282 e. The van der Waals surface area contributed by atoms with Crippen LogP contribution in [0.15, 0.2) is 78.5 Å². The van der Waals surface area contributed by atoms with Crippen LogP contribution in [0.3, 0.4) is 0 Å². The summed E-state index contributed by atoms with van der Waals surface area (Å²) in [5, 5.41) is 0. The molecule has 3 aromatic carbocycles. The smallest absolute Gasteiger partial charge is 0.282 e. The van der Waals surface area contributed by atoms with Crippen molar-refractivity contribution in [1.82, 2.24) is 4.90 Å². The molecule has 0 aromatic heterocycles. The molecule has 5 heteroatoms. The van der Waals surface area contributed by atoms with Crippen LogP contribution >= 0.6 is 0 Å². The second-order valence-corrected chi connectivity index (χ2v) is 9.19. The van der Waals surface area contributed by atoms with Crippen molar-refractivity contribution in [2.45, 2.75) is 20.8 Å². The number of anilines is 2. The van der Waals surface area contributed by atoms with E-state index in [1.54, 1.807) is 0 Å². The number of hydrogen-bond acceptors (Lipinski definition) is 4. The summed E-state index contributed by atoms with van der Waals surface area (Å²) in [7, 11) is 0. The van der Waals surface area contributed by atoms with Crippen LogP contribution < -0.4 is 9.80 Å². The van der Waals surface area contributed by atoms with Gasteiger partial charge < -0.3 is 9.80 Å². The van der Waals surface area contributed by atoms with E-state index in [0.29, 0.717) is 30.0 Å². The Balaban J connectivity index is 1.52. The molecule has 172 valence electrons. The Morgan fingerprint density at radius 2 is 1.18 bits per heavy atom. The molecular formula is C29H29N3O2. The molecule has 34 heavy (non-hydrogen) atoms. The van der Waals surface area contributed by atoms with Gasteiger partial charge in [0.25, 0.3) is 11.8 Å². The predicted molar refractivity (Wildman–Crippen MR) is 137 cm³/mol. The summed E-state index contributed by atoms with van der Waals surface area (Å²) in [6.07, 6.45) is 0. The molecule has 2 amide bonds. The first-order valence-corrected chi connectivity index (χ1v) is 11.8. The lowest BCUT2D eigenvalue weighted by Crippen LogP contribution is -2.47. The molecule has 0 N–H and O–H groups in total. The van der Waals surface area contributed by atoms with Crippen molar-refractivity contribution in [3.8, 4) is 0 Å². The lowest BCUT2D eigenvalue weighted by atomic mass is 10.0. The highest BCUT2D eigenvalue weighted by Gasteiger charge is 2.43. The fraction of sp³-hybridized carbons (Fsp3) is 0.241. The number of benzene rings is 3. The summed E-state index contributed by atoms with van der Waals surface area (Å²) in [5.41, 5.74) is 6.78. The molecule has 0 spiro atoms. The van der Waals surface area contributed by atoms with Gasteiger partial charge >= 0.3 is 0 Å². The SMILES string of the molecule is Cc1ccc(C2=C(N3CCN(c4ccccc4)CC3)C(=O)N(c3cc(C)cc(C)c3)C2=O)cc1. The number of imide groups is 1. The van der Waals surface area contributed by atoms with E-state index in [4.69, 9.17) is 0 Å². The summed E-state index contributed by atoms with van der Waals surface area (Å²) >= 11 is 0. The van der Waals surface area contributed by atoms with Crippen LogP contribution in [0.2, 0.25) is 0 Å². The minimum Gasteiger partial charge on any atom is -0.368 e. The number of aryl methyl sites for hydroxylation is 3. The van der Waals surface area contributed by atoms with Crippen LogP contribution in [0, 0.1) is 20.8 Å². The highest BCUT2D eigenvalue weighted by molar-refractivity contribution is 6.45. The number of nitrogens with zero attached hydrogens (tertiary/aromatic N) is 3. The first-order chi connectivity index (χ1) is 16.4. The van der Waals surface area contributed by atoms with Crippen LogP contribution in [0.25, 0.3) is 5.57 Å². The molecule has 1 saturated heterocycles. The van der Waals surface area contributed by atoms with Crippen molar-refractivity contribution in [1.29, 1.82) is 0 Å². The Labute approximate surface area is 200 Å². The third kappa shape index (κ3) is 3.98. The molecule has 0 unspecified atom stereocenters. The molecule has 3 aromatic rings. The van der Waals surface area contributed by atoms with Gasteiger partial charge in [-0.05, 0) is 61.7 Å². The largest absolute Gasteiger partial charge is 0.368 e. The van der Waals surface area contributed by atoms with E-state index in [2.05, 4.69) is 21.9 Å². The molecule has 0 radical (unpaired) electrons. The molecule has 0 atom stereocenters. The molecule has 5 rings (SSSR count). The third-order valence-electron chi connectivity index (χ3n) is 6.58. The standard InChI is InChI=1S/C29H29N3O2/c1-20-9-11-23(12-10-20)26-27(31-15-13-30(14-16-31)24-7-5-4-6-8-24)29(34)32(28(26)33)25-18-21(2)17-22(3)19-25/h4-12,17-19H,13-16H2,1-3H3. The third-order valence-corrected chi connectivity index (χ3v) is 6.58. The zero-order chi connectivity index (χ0) is 23.8. The minimum atomic E-state index is -0.251. The number of amides is 2. The Morgan fingerprint density at radius 1 is 0.588 bits per heavy atom. The summed E-state index contributed by atoms with van der Waals surface area (Å²) in [4.78, 5) is 33.4. The van der Waals surface area contributed by atoms with E-state index in [0.717, 1.165) is 35.3 Å². The normalized spacial score (nSPS) is 16.6. The fourth-order valence-corrected chi connectivity index (χ4v) is 4.93. The van der Waals surface area contributed by atoms with E-state index in [9.17, 15) is 9.59 Å². The summed E-state index contributed by atoms with van der Waals surface area (Å²) < 4.78 is 0. The van der Waals surface area contributed by atoms with Crippen molar-refractivity contribution >= 4 is 28.8 Å². The van der Waals surface area contributed by atoms with Gasteiger partial charge in [-0.3, -0.25) is 9.59 Å². The molecule has 0 saturated carbocycles. The molecule has 2 heterocycles. The van der Waals surface area contributed by atoms with Gasteiger partial charge in [0.15, 0.2) is 0 Å². The molecule has 2 aliphatic rings. The molecule has 5 nitrogen and oxygen atoms in total. The molecular weight excluding hydrogens is 422 g/mol. The Kier molecular flexibility index (Phi) is 5.70. The maximum atomic E-state index is 13.8. The number of rotatable bonds is 4. The van der Waals surface area contributed by atoms with Crippen molar-refractivity contribution < 1.29 is 9.59 Å². The van der Waals surface area contributed by atoms with Crippen LogP contribution in [-0.2, 0) is 9.59 Å². The Bertz CT molecular complexity index is 1250. The second kappa shape index (κ2) is 8.82. The van der Waals surface area contributed by atoms with Gasteiger partial charge in [0, 0.05) is 31.9 Å². The highest BCUT2D eigenvalue weighted by atomic mass is 16.2. The van der Waals surface area contributed by atoms with Crippen LogP contribution in [0.5, 0.6) is 0 Å². The molecule has 1 fully saturated rings. The zero-order valence-corrected chi connectivity index (χ0v) is 19.9. The maximum absolute atomic E-state index is 13.8. The highest BCUT2D eigenvalue weighted by Crippen LogP contribution is 2.36. The van der Waals surface area contributed by atoms with Gasteiger partial charge in [-0.1, -0.05) is 54.1 Å². The molecule has 2 aliphatic heterocycles. The van der Waals surface area contributed by atoms with Gasteiger partial charge in [-0.2, -0.15) is 0 Å². The van der Waals surface area contributed by atoms with E-state index >= 15 is 0 Å². The molecule has 0 bridgehead atoms. The van der Waals surface area contributed by atoms with E-state index < -0.39 is 0 Å². The first kappa shape index (κ1) is 22.0. The number of carbonyl (C=O) groups excluding carboxylic acids is 2. The number of para-hydroxylation sites is 1. The number of carbonyl (C=O) groups is 2. The first-order valence-electron chi connectivity index (χ1n) is 11.8. The number of hydrogen-bond donors (Lipinski definition) is 0. The summed E-state index contributed by atoms with van der Waals surface area (Å²) in [6.45, 7) is 8.93. The van der Waals surface area contributed by atoms with E-state index in [1.165, 1.54) is 10.6 Å². The van der Waals surface area contributed by atoms with Gasteiger partial charge in [-0.25, -0.2) is 4.90 Å². The average molecular weight is 452 g/mol. The van der Waals surface area contributed by atoms with E-state index in [1.807, 2.05) is 81.4 Å². The monoisotopic (exact) mass is 451 g/mol. The van der Waals surface area contributed by atoms with Crippen LogP contribution in [-0.4, -0.2) is 42.9 Å². The fourth-order valence-electron chi connectivity index (χ4n) is 4.93. The zero-order valence-electron chi connectivity index (χ0n) is 19.9. The average Bonchev–Trinajstić information content (AvgIpc) is 3.09. The van der Waals surface area contributed by atoms with Crippen molar-refractivity contribution in [3.05, 3.63) is 101 Å². The summed E-state index contributed by atoms with van der Waals surface area (Å²) in [5.74, 6) is -0.488. The van der Waals surface area contributed by atoms with Gasteiger partial charge in [0.2, 0.25) is 0 Å². The molecule has 0 aliphatic carbocycles. The van der Waals surface area contributed by atoms with Gasteiger partial charge in [-0.15, -0.1) is 0 Å². The summed E-state index contributed by atoms with van der Waals surface area (Å²) in [6, 6.07) is 24.1. The van der Waals surface area contributed by atoms with Gasteiger partial charge in [0.05, 0.1) is 11.3 Å². The van der Waals surface area contributed by atoms with Crippen molar-refractivity contribution in [2.75, 3.05) is 36.0 Å². The van der Waals surface area contributed by atoms with Crippen LogP contribution in [0.1, 0.15) is 22.3 Å². The number of piperazine rings is 1. The Morgan fingerprint density at radius 3 is 1.79 bits per heavy atom. The van der Waals surface area contributed by atoms with Gasteiger partial charge in [0.1, 0.15) is 5.70 Å². The second-order valence-electron chi connectivity index (χ2n) is 9.19. The Hall–Kier alpha value is -3.86. The van der Waals surface area contributed by atoms with E-state index in [-0.39, 0.29) is 11.8 Å². The lowest BCUT2D eigenvalue weighted by molar-refractivity contribution is -0.120. The predicted octanol–water partition coefficient (Wildman–Crippen LogP) is 4.72. The van der Waals surface area contributed by atoms with Crippen molar-refractivity contribution in [2.24, 2.45) is 0 Å².